The molecule has 0 N–H and O–H groups in total. The van der Waals surface area contributed by atoms with Crippen molar-refractivity contribution >= 4 is 17.7 Å². The lowest BCUT2D eigenvalue weighted by molar-refractivity contribution is -0.134. The maximum atomic E-state index is 12.7. The number of aromatic nitrogens is 4. The number of piperidine rings is 1. The normalized spacial score (nSPS) is 28.5. The molecule has 3 fully saturated rings. The topological polar surface area (TPSA) is 63.9 Å². The molecule has 0 aromatic carbocycles. The van der Waals surface area contributed by atoms with E-state index in [-0.39, 0.29) is 5.91 Å². The van der Waals surface area contributed by atoms with Gasteiger partial charge in [-0.3, -0.25) is 4.79 Å². The molecule has 2 aliphatic carbocycles. The van der Waals surface area contributed by atoms with Crippen LogP contribution in [0.2, 0.25) is 0 Å². The predicted octanol–water partition coefficient (Wildman–Crippen LogP) is 2.28. The average molecular weight is 321 g/mol. The third-order valence-electron chi connectivity index (χ3n) is 5.24. The van der Waals surface area contributed by atoms with Crippen molar-refractivity contribution in [2.24, 2.45) is 5.92 Å². The van der Waals surface area contributed by atoms with Gasteiger partial charge < -0.3 is 4.90 Å². The van der Waals surface area contributed by atoms with Crippen LogP contribution < -0.4 is 0 Å². The summed E-state index contributed by atoms with van der Waals surface area (Å²) in [5, 5.41) is 12.7. The van der Waals surface area contributed by atoms with Gasteiger partial charge in [0.2, 0.25) is 11.1 Å². The molecule has 22 heavy (non-hydrogen) atoms. The van der Waals surface area contributed by atoms with Crippen LogP contribution in [0.3, 0.4) is 0 Å². The minimum absolute atomic E-state index is 0.270. The first kappa shape index (κ1) is 14.5. The molecule has 4 rings (SSSR count). The molecular formula is C15H23N5OS. The van der Waals surface area contributed by atoms with Crippen molar-refractivity contribution in [1.29, 1.82) is 0 Å². The van der Waals surface area contributed by atoms with Crippen LogP contribution >= 0.6 is 11.8 Å². The van der Waals surface area contributed by atoms with Crippen LogP contribution in [-0.2, 0) is 4.79 Å². The summed E-state index contributed by atoms with van der Waals surface area (Å²) in [4.78, 5) is 14.8. The summed E-state index contributed by atoms with van der Waals surface area (Å²) >= 11 is 1.50. The minimum Gasteiger partial charge on any atom is -0.339 e. The third-order valence-corrected chi connectivity index (χ3v) is 6.16. The van der Waals surface area contributed by atoms with Crippen molar-refractivity contribution in [2.75, 3.05) is 12.3 Å². The largest absolute Gasteiger partial charge is 0.339 e. The summed E-state index contributed by atoms with van der Waals surface area (Å²) < 4.78 is 1.89. The van der Waals surface area contributed by atoms with Gasteiger partial charge in [0, 0.05) is 12.6 Å². The molecular weight excluding hydrogens is 298 g/mol. The highest BCUT2D eigenvalue weighted by Crippen LogP contribution is 2.37. The zero-order chi connectivity index (χ0) is 14.9. The van der Waals surface area contributed by atoms with E-state index in [0.717, 1.165) is 36.9 Å². The number of carbonyl (C=O) groups excluding carboxylic acids is 1. The summed E-state index contributed by atoms with van der Waals surface area (Å²) in [6, 6.07) is 0.959. The van der Waals surface area contributed by atoms with E-state index in [4.69, 9.17) is 0 Å². The fourth-order valence-electron chi connectivity index (χ4n) is 3.97. The zero-order valence-electron chi connectivity index (χ0n) is 12.9. The molecule has 1 aromatic heterocycles. The second kappa shape index (κ2) is 6.18. The van der Waals surface area contributed by atoms with Crippen LogP contribution in [0.5, 0.6) is 0 Å². The van der Waals surface area contributed by atoms with Gasteiger partial charge in [0.15, 0.2) is 0 Å². The van der Waals surface area contributed by atoms with Gasteiger partial charge in [0.1, 0.15) is 0 Å². The standard InChI is InChI=1S/C15H23N5OS/c21-14(10-22-15-16-17-18-20(15)12-7-8-12)19-9-3-5-11-4-1-2-6-13(11)19/h11-13H,1-10H2/t11-,13-/m1/s1. The number of rotatable bonds is 4. The van der Waals surface area contributed by atoms with E-state index in [2.05, 4.69) is 20.4 Å². The molecule has 0 bridgehead atoms. The van der Waals surface area contributed by atoms with Gasteiger partial charge >= 0.3 is 0 Å². The Labute approximate surface area is 135 Å². The Morgan fingerprint density at radius 3 is 2.82 bits per heavy atom. The van der Waals surface area contributed by atoms with Crippen LogP contribution in [0.4, 0.5) is 0 Å². The lowest BCUT2D eigenvalue weighted by Gasteiger charge is -2.44. The predicted molar refractivity (Wildman–Crippen MR) is 83.5 cm³/mol. The number of amides is 1. The monoisotopic (exact) mass is 321 g/mol. The van der Waals surface area contributed by atoms with Crippen molar-refractivity contribution < 1.29 is 4.79 Å². The lowest BCUT2D eigenvalue weighted by atomic mass is 9.78. The van der Waals surface area contributed by atoms with Crippen LogP contribution in [-0.4, -0.2) is 49.4 Å². The van der Waals surface area contributed by atoms with Crippen molar-refractivity contribution in [3.8, 4) is 0 Å². The fourth-order valence-corrected chi connectivity index (χ4v) is 4.80. The quantitative estimate of drug-likeness (QED) is 0.796. The molecule has 0 spiro atoms. The maximum absolute atomic E-state index is 12.7. The molecule has 7 heteroatoms. The van der Waals surface area contributed by atoms with Crippen LogP contribution in [0.1, 0.15) is 57.4 Å². The van der Waals surface area contributed by atoms with Crippen molar-refractivity contribution in [3.05, 3.63) is 0 Å². The highest BCUT2D eigenvalue weighted by atomic mass is 32.2. The van der Waals surface area contributed by atoms with Gasteiger partial charge in [-0.1, -0.05) is 24.6 Å². The Morgan fingerprint density at radius 1 is 1.14 bits per heavy atom. The van der Waals surface area contributed by atoms with Gasteiger partial charge in [-0.2, -0.15) is 0 Å². The van der Waals surface area contributed by atoms with Gasteiger partial charge in [0.25, 0.3) is 0 Å². The number of thioether (sulfide) groups is 1. The van der Waals surface area contributed by atoms with Crippen molar-refractivity contribution in [2.45, 2.75) is 68.6 Å². The number of hydrogen-bond donors (Lipinski definition) is 0. The van der Waals surface area contributed by atoms with E-state index in [0.29, 0.717) is 17.8 Å². The average Bonchev–Trinajstić information content (AvgIpc) is 3.30. The molecule has 3 aliphatic rings. The second-order valence-corrected chi connectivity index (χ2v) is 7.71. The number of nitrogens with zero attached hydrogens (tertiary/aromatic N) is 5. The number of hydrogen-bond acceptors (Lipinski definition) is 5. The van der Waals surface area contributed by atoms with Gasteiger partial charge in [0.05, 0.1) is 11.8 Å². The molecule has 1 saturated heterocycles. The van der Waals surface area contributed by atoms with E-state index >= 15 is 0 Å². The molecule has 1 aliphatic heterocycles. The van der Waals surface area contributed by atoms with E-state index in [9.17, 15) is 4.79 Å². The Hall–Kier alpha value is -1.11. The van der Waals surface area contributed by atoms with Crippen LogP contribution in [0.15, 0.2) is 5.16 Å². The highest BCUT2D eigenvalue weighted by molar-refractivity contribution is 7.99. The fraction of sp³-hybridized carbons (Fsp3) is 0.867. The molecule has 0 unspecified atom stereocenters. The summed E-state index contributed by atoms with van der Waals surface area (Å²) in [6.07, 6.45) is 9.90. The Kier molecular flexibility index (Phi) is 4.07. The lowest BCUT2D eigenvalue weighted by Crippen LogP contribution is -2.50. The first-order valence-electron chi connectivity index (χ1n) is 8.53. The number of fused-ring (bicyclic) bond motifs is 1. The zero-order valence-corrected chi connectivity index (χ0v) is 13.7. The molecule has 120 valence electrons. The Balaban J connectivity index is 1.37. The first-order valence-corrected chi connectivity index (χ1v) is 9.51. The maximum Gasteiger partial charge on any atom is 0.233 e. The van der Waals surface area contributed by atoms with Crippen LogP contribution in [0.25, 0.3) is 0 Å². The Morgan fingerprint density at radius 2 is 1.95 bits per heavy atom. The van der Waals surface area contributed by atoms with Gasteiger partial charge in [-0.05, 0) is 54.9 Å². The Bertz CT molecular complexity index is 542. The summed E-state index contributed by atoms with van der Waals surface area (Å²) in [6.45, 7) is 0.939. The van der Waals surface area contributed by atoms with Crippen LogP contribution in [0, 0.1) is 5.92 Å². The van der Waals surface area contributed by atoms with E-state index in [1.807, 2.05) is 4.68 Å². The summed E-state index contributed by atoms with van der Waals surface area (Å²) in [5.41, 5.74) is 0. The molecule has 6 nitrogen and oxygen atoms in total. The highest BCUT2D eigenvalue weighted by Gasteiger charge is 2.36. The molecule has 1 aromatic rings. The smallest absolute Gasteiger partial charge is 0.233 e. The minimum atomic E-state index is 0.270. The number of carbonyl (C=O) groups is 1. The molecule has 1 amide bonds. The van der Waals surface area contributed by atoms with E-state index in [1.165, 1.54) is 43.9 Å². The molecule has 2 saturated carbocycles. The van der Waals surface area contributed by atoms with Crippen molar-refractivity contribution in [3.63, 3.8) is 0 Å². The SMILES string of the molecule is O=C(CSc1nnnn1C1CC1)N1CCC[C@H]2CCCC[C@H]21. The molecule has 2 heterocycles. The summed E-state index contributed by atoms with van der Waals surface area (Å²) in [5.74, 6) is 1.48. The molecule has 2 atom stereocenters. The van der Waals surface area contributed by atoms with Gasteiger partial charge in [-0.15, -0.1) is 5.10 Å². The first-order chi connectivity index (χ1) is 10.8. The molecule has 0 radical (unpaired) electrons. The third kappa shape index (κ3) is 2.87. The second-order valence-electron chi connectivity index (χ2n) is 6.77. The summed E-state index contributed by atoms with van der Waals surface area (Å²) in [7, 11) is 0. The van der Waals surface area contributed by atoms with E-state index < -0.39 is 0 Å². The van der Waals surface area contributed by atoms with Crippen molar-refractivity contribution in [1.82, 2.24) is 25.1 Å². The van der Waals surface area contributed by atoms with Gasteiger partial charge in [-0.25, -0.2) is 4.68 Å². The van der Waals surface area contributed by atoms with E-state index in [1.54, 1.807) is 0 Å². The number of likely N-dealkylation sites (tertiary alicyclic amines) is 1. The number of tetrazole rings is 1.